The Morgan fingerprint density at radius 1 is 0.974 bits per heavy atom. The van der Waals surface area contributed by atoms with Crippen molar-refractivity contribution < 1.29 is 31.2 Å². The Kier molecular flexibility index (Phi) is 9.63. The summed E-state index contributed by atoms with van der Waals surface area (Å²) in [4.78, 5) is 27.4. The maximum absolute atomic E-state index is 13.7. The minimum absolute atomic E-state index is 0.140. The largest absolute Gasteiger partial charge is 0.416 e. The Morgan fingerprint density at radius 3 is 2.23 bits per heavy atom. The van der Waals surface area contributed by atoms with Gasteiger partial charge in [-0.15, -0.1) is 0 Å². The average molecular weight is 582 g/mol. The van der Waals surface area contributed by atoms with Gasteiger partial charge in [0.25, 0.3) is 10.0 Å². The first-order valence-electron chi connectivity index (χ1n) is 11.9. The maximum Gasteiger partial charge on any atom is 0.416 e. The van der Waals surface area contributed by atoms with Gasteiger partial charge >= 0.3 is 6.18 Å². The number of carbonyl (C=O) groups is 2. The third-order valence-electron chi connectivity index (χ3n) is 5.89. The van der Waals surface area contributed by atoms with Crippen LogP contribution in [0.3, 0.4) is 0 Å². The molecular weight excluding hydrogens is 555 g/mol. The summed E-state index contributed by atoms with van der Waals surface area (Å²) < 4.78 is 68.4. The molecule has 0 aliphatic rings. The SMILES string of the molecule is CCNC(=O)C(C)N(Cc1ccccc1Cl)C(=O)CN(c1cccc(C(F)(F)F)c1)S(=O)(=O)c1ccccc1. The summed E-state index contributed by atoms with van der Waals surface area (Å²) in [6.45, 7) is 2.45. The topological polar surface area (TPSA) is 86.8 Å². The van der Waals surface area contributed by atoms with E-state index < -0.39 is 46.2 Å². The van der Waals surface area contributed by atoms with Gasteiger partial charge in [-0.25, -0.2) is 8.42 Å². The zero-order valence-corrected chi connectivity index (χ0v) is 22.7. The van der Waals surface area contributed by atoms with Crippen LogP contribution in [-0.4, -0.2) is 44.3 Å². The number of rotatable bonds is 10. The van der Waals surface area contributed by atoms with Crippen molar-refractivity contribution in [1.82, 2.24) is 10.2 Å². The summed E-state index contributed by atoms with van der Waals surface area (Å²) >= 11 is 6.28. The second kappa shape index (κ2) is 12.5. The number of hydrogen-bond donors (Lipinski definition) is 1. The smallest absolute Gasteiger partial charge is 0.355 e. The van der Waals surface area contributed by atoms with E-state index >= 15 is 0 Å². The number of alkyl halides is 3. The Labute approximate surface area is 230 Å². The van der Waals surface area contributed by atoms with E-state index in [4.69, 9.17) is 11.6 Å². The van der Waals surface area contributed by atoms with E-state index in [1.807, 2.05) is 0 Å². The first-order valence-corrected chi connectivity index (χ1v) is 13.7. The van der Waals surface area contributed by atoms with Gasteiger partial charge in [0, 0.05) is 18.1 Å². The molecule has 3 rings (SSSR count). The highest BCUT2D eigenvalue weighted by molar-refractivity contribution is 7.92. The number of hydrogen-bond acceptors (Lipinski definition) is 4. The molecule has 0 radical (unpaired) electrons. The van der Waals surface area contributed by atoms with Crippen LogP contribution in [0.5, 0.6) is 0 Å². The summed E-state index contributed by atoms with van der Waals surface area (Å²) in [5, 5.41) is 2.95. The summed E-state index contributed by atoms with van der Waals surface area (Å²) in [6, 6.07) is 16.3. The standard InChI is InChI=1S/C27H27ClF3N3O4S/c1-3-32-26(36)19(2)33(17-20-10-7-8-15-24(20)28)25(35)18-34(39(37,38)23-13-5-4-6-14-23)22-12-9-11-21(16-22)27(29,30)31/h4-16,19H,3,17-18H2,1-2H3,(H,32,36). The molecule has 0 aliphatic carbocycles. The normalized spacial score (nSPS) is 12.5. The Morgan fingerprint density at radius 2 is 1.62 bits per heavy atom. The fourth-order valence-corrected chi connectivity index (χ4v) is 5.42. The predicted octanol–water partition coefficient (Wildman–Crippen LogP) is 5.11. The van der Waals surface area contributed by atoms with Crippen LogP contribution < -0.4 is 9.62 Å². The third-order valence-corrected chi connectivity index (χ3v) is 8.05. The lowest BCUT2D eigenvalue weighted by atomic mass is 10.1. The van der Waals surface area contributed by atoms with Crippen molar-refractivity contribution in [2.24, 2.45) is 0 Å². The predicted molar refractivity (Wildman–Crippen MR) is 143 cm³/mol. The Hall–Kier alpha value is -3.57. The summed E-state index contributed by atoms with van der Waals surface area (Å²) in [7, 11) is -4.49. The van der Waals surface area contributed by atoms with E-state index in [-0.39, 0.29) is 23.7 Å². The molecule has 0 saturated heterocycles. The molecular formula is C27H27ClF3N3O4S. The molecule has 0 bridgehead atoms. The van der Waals surface area contributed by atoms with E-state index in [2.05, 4.69) is 5.32 Å². The van der Waals surface area contributed by atoms with Crippen molar-refractivity contribution in [2.75, 3.05) is 17.4 Å². The number of likely N-dealkylation sites (N-methyl/N-ethyl adjacent to an activating group) is 1. The number of nitrogens with zero attached hydrogens (tertiary/aromatic N) is 2. The van der Waals surface area contributed by atoms with Gasteiger partial charge in [0.05, 0.1) is 16.1 Å². The van der Waals surface area contributed by atoms with Crippen LogP contribution in [0.2, 0.25) is 5.02 Å². The van der Waals surface area contributed by atoms with Crippen molar-refractivity contribution in [1.29, 1.82) is 0 Å². The highest BCUT2D eigenvalue weighted by atomic mass is 35.5. The van der Waals surface area contributed by atoms with Crippen LogP contribution >= 0.6 is 11.6 Å². The summed E-state index contributed by atoms with van der Waals surface area (Å²) in [6.07, 6.45) is -4.74. The van der Waals surface area contributed by atoms with Crippen molar-refractivity contribution in [2.45, 2.75) is 37.5 Å². The molecule has 12 heteroatoms. The van der Waals surface area contributed by atoms with Crippen LogP contribution in [0.25, 0.3) is 0 Å². The van der Waals surface area contributed by atoms with Crippen molar-refractivity contribution >= 4 is 39.1 Å². The second-order valence-corrected chi connectivity index (χ2v) is 10.8. The Balaban J connectivity index is 2.09. The number of halogens is 4. The molecule has 39 heavy (non-hydrogen) atoms. The molecule has 0 aliphatic heterocycles. The quantitative estimate of drug-likeness (QED) is 0.361. The van der Waals surface area contributed by atoms with Gasteiger partial charge in [0.2, 0.25) is 11.8 Å². The zero-order chi connectivity index (χ0) is 28.8. The maximum atomic E-state index is 13.7. The average Bonchev–Trinajstić information content (AvgIpc) is 2.91. The van der Waals surface area contributed by atoms with Gasteiger partial charge in [-0.2, -0.15) is 13.2 Å². The number of sulfonamides is 1. The summed E-state index contributed by atoms with van der Waals surface area (Å²) in [5.41, 5.74) is -0.935. The van der Waals surface area contributed by atoms with Gasteiger partial charge < -0.3 is 10.2 Å². The lowest BCUT2D eigenvalue weighted by Gasteiger charge is -2.32. The molecule has 0 saturated carbocycles. The Bertz CT molecular complexity index is 1420. The van der Waals surface area contributed by atoms with Gasteiger partial charge in [-0.3, -0.25) is 13.9 Å². The monoisotopic (exact) mass is 581 g/mol. The molecule has 0 heterocycles. The molecule has 208 valence electrons. The molecule has 0 aromatic heterocycles. The third kappa shape index (κ3) is 7.30. The fourth-order valence-electron chi connectivity index (χ4n) is 3.80. The highest BCUT2D eigenvalue weighted by Crippen LogP contribution is 2.33. The summed E-state index contributed by atoms with van der Waals surface area (Å²) in [5.74, 6) is -1.31. The fraction of sp³-hybridized carbons (Fsp3) is 0.259. The van der Waals surface area contributed by atoms with E-state index in [1.54, 1.807) is 37.3 Å². The molecule has 7 nitrogen and oxygen atoms in total. The molecule has 1 atom stereocenters. The zero-order valence-electron chi connectivity index (χ0n) is 21.2. The van der Waals surface area contributed by atoms with Gasteiger partial charge in [-0.05, 0) is 55.8 Å². The van der Waals surface area contributed by atoms with Crippen molar-refractivity contribution in [3.8, 4) is 0 Å². The van der Waals surface area contributed by atoms with Gasteiger partial charge in [-0.1, -0.05) is 54.1 Å². The van der Waals surface area contributed by atoms with E-state index in [9.17, 15) is 31.2 Å². The molecule has 3 aromatic carbocycles. The number of nitrogens with one attached hydrogen (secondary N) is 1. The molecule has 1 unspecified atom stereocenters. The minimum Gasteiger partial charge on any atom is -0.355 e. The first kappa shape index (κ1) is 30.0. The minimum atomic E-state index is -4.74. The molecule has 2 amide bonds. The van der Waals surface area contributed by atoms with Crippen LogP contribution in [0.4, 0.5) is 18.9 Å². The molecule has 1 N–H and O–H groups in total. The van der Waals surface area contributed by atoms with E-state index in [0.29, 0.717) is 21.0 Å². The first-order chi connectivity index (χ1) is 18.4. The number of amides is 2. The lowest BCUT2D eigenvalue weighted by molar-refractivity contribution is -0.139. The molecule has 0 spiro atoms. The van der Waals surface area contributed by atoms with Crippen molar-refractivity contribution in [3.05, 3.63) is 95.0 Å². The lowest BCUT2D eigenvalue weighted by Crippen LogP contribution is -2.51. The highest BCUT2D eigenvalue weighted by Gasteiger charge is 2.35. The number of carbonyl (C=O) groups excluding carboxylic acids is 2. The molecule has 0 fully saturated rings. The van der Waals surface area contributed by atoms with Crippen LogP contribution in [0.15, 0.2) is 83.8 Å². The van der Waals surface area contributed by atoms with Crippen molar-refractivity contribution in [3.63, 3.8) is 0 Å². The van der Waals surface area contributed by atoms with Gasteiger partial charge in [0.15, 0.2) is 0 Å². The van der Waals surface area contributed by atoms with Crippen LogP contribution in [-0.2, 0) is 32.3 Å². The molecule has 3 aromatic rings. The van der Waals surface area contributed by atoms with E-state index in [0.717, 1.165) is 17.0 Å². The number of benzene rings is 3. The number of anilines is 1. The van der Waals surface area contributed by atoms with Crippen LogP contribution in [0, 0.1) is 0 Å². The van der Waals surface area contributed by atoms with Crippen LogP contribution in [0.1, 0.15) is 25.0 Å². The van der Waals surface area contributed by atoms with E-state index in [1.165, 1.54) is 37.3 Å². The van der Waals surface area contributed by atoms with Gasteiger partial charge in [0.1, 0.15) is 12.6 Å². The second-order valence-electron chi connectivity index (χ2n) is 8.56.